The van der Waals surface area contributed by atoms with Gasteiger partial charge >= 0.3 is 12.2 Å². The topological polar surface area (TPSA) is 77.0 Å². The third kappa shape index (κ3) is 10.3. The number of hydrogen-bond donors (Lipinski definition) is 1. The van der Waals surface area contributed by atoms with E-state index in [1.807, 2.05) is 6.92 Å². The quantitative estimate of drug-likeness (QED) is 0.621. The van der Waals surface area contributed by atoms with Crippen LogP contribution >= 0.6 is 0 Å². The maximum atomic E-state index is 11.6. The molecule has 0 fully saturated rings. The molecule has 1 N–H and O–H groups in total. The van der Waals surface area contributed by atoms with Crippen LogP contribution in [0.1, 0.15) is 61.3 Å². The summed E-state index contributed by atoms with van der Waals surface area (Å²) in [5, 5.41) is 2.48. The highest BCUT2D eigenvalue weighted by Crippen LogP contribution is 2.09. The minimum Gasteiger partial charge on any atom is -0.444 e. The molecular formula is C14H26N2O4. The van der Waals surface area contributed by atoms with Crippen molar-refractivity contribution in [3.05, 3.63) is 0 Å². The van der Waals surface area contributed by atoms with Crippen molar-refractivity contribution in [2.45, 2.75) is 72.5 Å². The van der Waals surface area contributed by atoms with Crippen LogP contribution in [0.25, 0.3) is 0 Å². The largest absolute Gasteiger partial charge is 0.444 e. The third-order valence-corrected chi connectivity index (χ3v) is 1.75. The summed E-state index contributed by atoms with van der Waals surface area (Å²) in [6.45, 7) is 12.5. The van der Waals surface area contributed by atoms with Crippen molar-refractivity contribution < 1.29 is 19.1 Å². The molecule has 0 aromatic carbocycles. The Labute approximate surface area is 120 Å². The van der Waals surface area contributed by atoms with Crippen LogP contribution in [0.3, 0.4) is 0 Å². The first kappa shape index (κ1) is 18.4. The number of ether oxygens (including phenoxy) is 2. The van der Waals surface area contributed by atoms with E-state index in [4.69, 9.17) is 9.47 Å². The minimum absolute atomic E-state index is 0.246. The summed E-state index contributed by atoms with van der Waals surface area (Å²) in [5.74, 6) is 0.246. The summed E-state index contributed by atoms with van der Waals surface area (Å²) in [4.78, 5) is 27.0. The van der Waals surface area contributed by atoms with E-state index < -0.39 is 23.4 Å². The van der Waals surface area contributed by atoms with Crippen LogP contribution in [0.2, 0.25) is 0 Å². The number of nitrogens with one attached hydrogen (secondary N) is 1. The molecule has 0 bridgehead atoms. The van der Waals surface area contributed by atoms with Gasteiger partial charge in [0.25, 0.3) is 0 Å². The smallest absolute Gasteiger partial charge is 0.435 e. The molecule has 116 valence electrons. The van der Waals surface area contributed by atoms with Crippen molar-refractivity contribution in [1.29, 1.82) is 0 Å². The van der Waals surface area contributed by atoms with Crippen molar-refractivity contribution in [3.63, 3.8) is 0 Å². The van der Waals surface area contributed by atoms with Crippen molar-refractivity contribution in [3.8, 4) is 0 Å². The second-order valence-corrected chi connectivity index (χ2v) is 6.42. The molecule has 0 aliphatic heterocycles. The zero-order chi connectivity index (χ0) is 16.0. The fourth-order valence-corrected chi connectivity index (χ4v) is 1.20. The molecular weight excluding hydrogens is 260 g/mol. The van der Waals surface area contributed by atoms with Gasteiger partial charge in [-0.25, -0.2) is 9.59 Å². The number of hydrogen-bond acceptors (Lipinski definition) is 4. The Balaban J connectivity index is 4.72. The van der Waals surface area contributed by atoms with E-state index in [1.165, 1.54) is 0 Å². The van der Waals surface area contributed by atoms with Crippen LogP contribution in [0.15, 0.2) is 4.99 Å². The lowest BCUT2D eigenvalue weighted by atomic mass is 10.2. The molecule has 0 rings (SSSR count). The van der Waals surface area contributed by atoms with Gasteiger partial charge in [0.15, 0.2) is 0 Å². The van der Waals surface area contributed by atoms with Crippen LogP contribution in [0.5, 0.6) is 0 Å². The van der Waals surface area contributed by atoms with E-state index in [0.717, 1.165) is 6.42 Å². The zero-order valence-corrected chi connectivity index (χ0v) is 13.5. The van der Waals surface area contributed by atoms with Gasteiger partial charge in [0.2, 0.25) is 0 Å². The van der Waals surface area contributed by atoms with Gasteiger partial charge in [0, 0.05) is 6.42 Å². The van der Waals surface area contributed by atoms with Crippen LogP contribution in [0, 0.1) is 0 Å². The van der Waals surface area contributed by atoms with Gasteiger partial charge in [-0.1, -0.05) is 6.92 Å². The standard InChI is InChI=1S/C14H26N2O4/c1-8-9-10(15-11(17)19-13(2,3)4)16-12(18)20-14(5,6)7/h8-9H2,1-7H3,(H,15,16,17,18). The number of alkyl carbamates (subject to hydrolysis) is 1. The first-order valence-corrected chi connectivity index (χ1v) is 6.73. The summed E-state index contributed by atoms with van der Waals surface area (Å²) < 4.78 is 10.2. The summed E-state index contributed by atoms with van der Waals surface area (Å²) in [6.07, 6.45) is -0.166. The maximum Gasteiger partial charge on any atom is 0.435 e. The molecule has 0 aromatic rings. The Morgan fingerprint density at radius 3 is 1.90 bits per heavy atom. The zero-order valence-electron chi connectivity index (χ0n) is 13.5. The first-order chi connectivity index (χ1) is 8.93. The third-order valence-electron chi connectivity index (χ3n) is 1.75. The number of amides is 2. The second-order valence-electron chi connectivity index (χ2n) is 6.42. The van der Waals surface area contributed by atoms with Crippen LogP contribution in [-0.4, -0.2) is 29.2 Å². The van der Waals surface area contributed by atoms with Gasteiger partial charge in [-0.15, -0.1) is 0 Å². The average molecular weight is 286 g/mol. The molecule has 6 nitrogen and oxygen atoms in total. The van der Waals surface area contributed by atoms with E-state index in [1.54, 1.807) is 41.5 Å². The Morgan fingerprint density at radius 1 is 1.00 bits per heavy atom. The van der Waals surface area contributed by atoms with Crippen molar-refractivity contribution >= 4 is 18.0 Å². The molecule has 0 saturated carbocycles. The van der Waals surface area contributed by atoms with Crippen molar-refractivity contribution in [2.24, 2.45) is 4.99 Å². The van der Waals surface area contributed by atoms with Gasteiger partial charge in [-0.2, -0.15) is 4.99 Å². The van der Waals surface area contributed by atoms with Crippen LogP contribution in [0.4, 0.5) is 9.59 Å². The lowest BCUT2D eigenvalue weighted by Gasteiger charge is -2.20. The van der Waals surface area contributed by atoms with E-state index in [0.29, 0.717) is 6.42 Å². The second kappa shape index (κ2) is 7.26. The van der Waals surface area contributed by atoms with E-state index >= 15 is 0 Å². The molecule has 0 heterocycles. The maximum absolute atomic E-state index is 11.6. The van der Waals surface area contributed by atoms with Gasteiger partial charge < -0.3 is 9.47 Å². The first-order valence-electron chi connectivity index (χ1n) is 6.73. The number of carbonyl (C=O) groups is 2. The van der Waals surface area contributed by atoms with Crippen LogP contribution < -0.4 is 5.32 Å². The predicted molar refractivity (Wildman–Crippen MR) is 77.9 cm³/mol. The Bertz CT molecular complexity index is 376. The van der Waals surface area contributed by atoms with Crippen molar-refractivity contribution in [1.82, 2.24) is 5.32 Å². The molecule has 6 heteroatoms. The van der Waals surface area contributed by atoms with Crippen LogP contribution in [-0.2, 0) is 9.47 Å². The predicted octanol–water partition coefficient (Wildman–Crippen LogP) is 3.64. The fraction of sp³-hybridized carbons (Fsp3) is 0.786. The molecule has 0 aliphatic rings. The number of amidine groups is 1. The lowest BCUT2D eigenvalue weighted by Crippen LogP contribution is -2.37. The Hall–Kier alpha value is -1.59. The number of rotatable bonds is 2. The monoisotopic (exact) mass is 286 g/mol. The van der Waals surface area contributed by atoms with E-state index in [2.05, 4.69) is 10.3 Å². The number of aliphatic imine (C=N–C) groups is 1. The molecule has 0 saturated heterocycles. The summed E-state index contributed by atoms with van der Waals surface area (Å²) in [7, 11) is 0. The summed E-state index contributed by atoms with van der Waals surface area (Å²) in [6, 6.07) is 0. The SMILES string of the molecule is CCCC(=NC(=O)OC(C)(C)C)NC(=O)OC(C)(C)C. The number of carbonyl (C=O) groups excluding carboxylic acids is 2. The van der Waals surface area contributed by atoms with Gasteiger partial charge in [0.1, 0.15) is 17.0 Å². The molecule has 0 spiro atoms. The van der Waals surface area contributed by atoms with E-state index in [9.17, 15) is 9.59 Å². The van der Waals surface area contributed by atoms with Crippen molar-refractivity contribution in [2.75, 3.05) is 0 Å². The molecule has 0 radical (unpaired) electrons. The highest BCUT2D eigenvalue weighted by Gasteiger charge is 2.19. The Morgan fingerprint density at radius 2 is 1.50 bits per heavy atom. The van der Waals surface area contributed by atoms with Gasteiger partial charge in [0.05, 0.1) is 0 Å². The Kier molecular flexibility index (Phi) is 6.68. The molecule has 0 aliphatic carbocycles. The highest BCUT2D eigenvalue weighted by atomic mass is 16.6. The molecule has 20 heavy (non-hydrogen) atoms. The van der Waals surface area contributed by atoms with Gasteiger partial charge in [-0.05, 0) is 48.0 Å². The van der Waals surface area contributed by atoms with E-state index in [-0.39, 0.29) is 5.84 Å². The molecule has 2 amide bonds. The highest BCUT2D eigenvalue weighted by molar-refractivity contribution is 6.00. The summed E-state index contributed by atoms with van der Waals surface area (Å²) in [5.41, 5.74) is -1.23. The lowest BCUT2D eigenvalue weighted by molar-refractivity contribution is 0.0561. The molecule has 0 unspecified atom stereocenters. The number of nitrogens with zero attached hydrogens (tertiary/aromatic N) is 1. The fourth-order valence-electron chi connectivity index (χ4n) is 1.20. The minimum atomic E-state index is -0.725. The molecule has 0 atom stereocenters. The normalized spacial score (nSPS) is 12.8. The van der Waals surface area contributed by atoms with Gasteiger partial charge in [-0.3, -0.25) is 5.32 Å². The summed E-state index contributed by atoms with van der Waals surface area (Å²) >= 11 is 0. The molecule has 0 aromatic heterocycles. The average Bonchev–Trinajstić information content (AvgIpc) is 2.10.